The van der Waals surface area contributed by atoms with Gasteiger partial charge in [-0.3, -0.25) is 14.5 Å². The van der Waals surface area contributed by atoms with Crippen molar-refractivity contribution in [2.24, 2.45) is 11.8 Å². The summed E-state index contributed by atoms with van der Waals surface area (Å²) in [4.78, 5) is 59.9. The predicted octanol–water partition coefficient (Wildman–Crippen LogP) is 12.7. The van der Waals surface area contributed by atoms with Crippen molar-refractivity contribution < 1.29 is 38.1 Å². The molecular weight excluding hydrogens is 821 g/mol. The van der Waals surface area contributed by atoms with Crippen molar-refractivity contribution in [2.45, 2.75) is 229 Å². The minimum absolute atomic E-state index is 0.0401. The molecule has 0 saturated heterocycles. The van der Waals surface area contributed by atoms with Crippen molar-refractivity contribution in [3.05, 3.63) is 0 Å². The zero-order chi connectivity index (χ0) is 48.5. The van der Waals surface area contributed by atoms with Gasteiger partial charge in [0, 0.05) is 51.1 Å². The van der Waals surface area contributed by atoms with E-state index in [1.807, 2.05) is 27.7 Å². The first kappa shape index (κ1) is 62.4. The van der Waals surface area contributed by atoms with E-state index < -0.39 is 0 Å². The Morgan fingerprint density at radius 2 is 0.738 bits per heavy atom. The maximum atomic E-state index is 13.3. The van der Waals surface area contributed by atoms with Gasteiger partial charge in [0.05, 0.1) is 13.2 Å². The maximum absolute atomic E-state index is 13.3. The maximum Gasteiger partial charge on any atom is 0.410 e. The van der Waals surface area contributed by atoms with E-state index >= 15 is 0 Å². The van der Waals surface area contributed by atoms with E-state index in [2.05, 4.69) is 51.3 Å². The molecule has 2 amide bonds. The quantitative estimate of drug-likeness (QED) is 0.0332. The molecule has 0 aliphatic carbocycles. The molecule has 0 aromatic rings. The average molecular weight is 925 g/mol. The molecule has 0 rings (SSSR count). The van der Waals surface area contributed by atoms with Crippen molar-refractivity contribution in [2.75, 3.05) is 78.8 Å². The predicted molar refractivity (Wildman–Crippen MR) is 268 cm³/mol. The summed E-state index contributed by atoms with van der Waals surface area (Å²) in [5, 5.41) is 0. The minimum atomic E-state index is -0.353. The number of carbonyl (C=O) groups excluding carboxylic acids is 4. The summed E-state index contributed by atoms with van der Waals surface area (Å²) in [7, 11) is 0. The number of hydrogen-bond acceptors (Lipinski definition) is 10. The summed E-state index contributed by atoms with van der Waals surface area (Å²) in [6, 6.07) is -0.0801. The first-order chi connectivity index (χ1) is 31.4. The summed E-state index contributed by atoms with van der Waals surface area (Å²) in [5.74, 6) is 0.598. The molecule has 0 radical (unpaired) electrons. The van der Waals surface area contributed by atoms with Crippen LogP contribution in [-0.2, 0) is 28.5 Å². The van der Waals surface area contributed by atoms with Crippen LogP contribution in [0.1, 0.15) is 217 Å². The second kappa shape index (κ2) is 42.7. The topological polar surface area (TPSA) is 118 Å². The Morgan fingerprint density at radius 3 is 1.06 bits per heavy atom. The molecular formula is C53H104N4O8. The third-order valence-corrected chi connectivity index (χ3v) is 12.7. The second-order valence-electron chi connectivity index (χ2n) is 19.0. The Kier molecular flexibility index (Phi) is 41.0. The number of rotatable bonds is 44. The van der Waals surface area contributed by atoms with E-state index in [1.54, 1.807) is 9.80 Å². The minimum Gasteiger partial charge on any atom is -0.465 e. The van der Waals surface area contributed by atoms with Crippen LogP contribution in [0.25, 0.3) is 0 Å². The molecule has 0 aromatic heterocycles. The number of amides is 2. The van der Waals surface area contributed by atoms with Gasteiger partial charge in [-0.25, -0.2) is 9.59 Å². The molecule has 0 aliphatic heterocycles. The third kappa shape index (κ3) is 34.4. The van der Waals surface area contributed by atoms with Gasteiger partial charge in [-0.05, 0) is 123 Å². The van der Waals surface area contributed by atoms with Crippen LogP contribution < -0.4 is 0 Å². The average Bonchev–Trinajstić information content (AvgIpc) is 3.27. The lowest BCUT2D eigenvalue weighted by atomic mass is 9.96. The standard InChI is InChI=1S/C53H104N4O8/c1-11-17-21-30-48(31-22-18-12-2)44-64-50(58)34-25-27-38-56(46(7)8)52(60)62-42-40-55(37-29-36-54(15-5)16-6)41-43-63-53(61)57(47(9)10)39-28-26-35-51(59)65-45-49(32-23-19-13-3)33-24-20-14-4/h46-49H,11-45H2,1-10H3. The Hall–Kier alpha value is -2.60. The van der Waals surface area contributed by atoms with Crippen molar-refractivity contribution in [3.8, 4) is 0 Å². The van der Waals surface area contributed by atoms with E-state index in [1.165, 1.54) is 77.0 Å². The number of ether oxygens (including phenoxy) is 4. The van der Waals surface area contributed by atoms with Gasteiger partial charge in [-0.2, -0.15) is 0 Å². The molecule has 0 fully saturated rings. The molecule has 0 saturated carbocycles. The fourth-order valence-electron chi connectivity index (χ4n) is 8.23. The molecule has 0 bridgehead atoms. The second-order valence-corrected chi connectivity index (χ2v) is 19.0. The lowest BCUT2D eigenvalue weighted by Gasteiger charge is -2.28. The fraction of sp³-hybridized carbons (Fsp3) is 0.925. The number of esters is 2. The molecule has 0 unspecified atom stereocenters. The molecule has 0 N–H and O–H groups in total. The molecule has 12 nitrogen and oxygen atoms in total. The summed E-state index contributed by atoms with van der Waals surface area (Å²) in [5.41, 5.74) is 0. The largest absolute Gasteiger partial charge is 0.465 e. The Bertz CT molecular complexity index is 1050. The molecule has 0 aliphatic rings. The van der Waals surface area contributed by atoms with Crippen molar-refractivity contribution >= 4 is 24.1 Å². The van der Waals surface area contributed by atoms with Crippen molar-refractivity contribution in [1.29, 1.82) is 0 Å². The smallest absolute Gasteiger partial charge is 0.410 e. The van der Waals surface area contributed by atoms with Crippen LogP contribution in [-0.4, -0.2) is 135 Å². The van der Waals surface area contributed by atoms with E-state index in [4.69, 9.17) is 18.9 Å². The normalized spacial score (nSPS) is 11.7. The van der Waals surface area contributed by atoms with Crippen molar-refractivity contribution in [3.63, 3.8) is 0 Å². The molecule has 65 heavy (non-hydrogen) atoms. The van der Waals surface area contributed by atoms with Crippen LogP contribution in [0.5, 0.6) is 0 Å². The van der Waals surface area contributed by atoms with Crippen molar-refractivity contribution in [1.82, 2.24) is 19.6 Å². The lowest BCUT2D eigenvalue weighted by Crippen LogP contribution is -2.41. The zero-order valence-corrected chi connectivity index (χ0v) is 44.1. The Balaban J connectivity index is 5.01. The summed E-state index contributed by atoms with van der Waals surface area (Å²) in [6.07, 6.45) is 22.6. The first-order valence-electron chi connectivity index (χ1n) is 27.0. The van der Waals surface area contributed by atoms with Crippen LogP contribution in [0.15, 0.2) is 0 Å². The Labute approximate surface area is 400 Å². The van der Waals surface area contributed by atoms with Crippen LogP contribution >= 0.6 is 0 Å². The zero-order valence-electron chi connectivity index (χ0n) is 44.1. The van der Waals surface area contributed by atoms with Crippen LogP contribution in [0.3, 0.4) is 0 Å². The van der Waals surface area contributed by atoms with Gasteiger partial charge >= 0.3 is 24.1 Å². The van der Waals surface area contributed by atoms with Crippen LogP contribution in [0.2, 0.25) is 0 Å². The Morgan fingerprint density at radius 1 is 0.385 bits per heavy atom. The van der Waals surface area contributed by atoms with E-state index in [9.17, 15) is 19.2 Å². The monoisotopic (exact) mass is 925 g/mol. The summed E-state index contributed by atoms with van der Waals surface area (Å²) >= 11 is 0. The highest BCUT2D eigenvalue weighted by molar-refractivity contribution is 5.70. The van der Waals surface area contributed by atoms with Gasteiger partial charge in [0.1, 0.15) is 13.2 Å². The molecule has 384 valence electrons. The van der Waals surface area contributed by atoms with Crippen LogP contribution in [0, 0.1) is 11.8 Å². The number of carbonyl (C=O) groups is 4. The fourth-order valence-corrected chi connectivity index (χ4v) is 8.23. The molecule has 12 heteroatoms. The van der Waals surface area contributed by atoms with Gasteiger partial charge in [0.2, 0.25) is 0 Å². The third-order valence-electron chi connectivity index (χ3n) is 12.7. The van der Waals surface area contributed by atoms with Crippen LogP contribution in [0.4, 0.5) is 9.59 Å². The molecule has 0 heterocycles. The van der Waals surface area contributed by atoms with E-state index in [0.29, 0.717) is 89.8 Å². The van der Waals surface area contributed by atoms with Gasteiger partial charge in [0.25, 0.3) is 0 Å². The SMILES string of the molecule is CCCCCC(CCCCC)COC(=O)CCCCN(C(=O)OCCN(CCCN(CC)CC)CCOC(=O)N(CCCCC(=O)OCC(CCCCC)CCCCC)C(C)C)C(C)C. The number of hydrogen-bond donors (Lipinski definition) is 0. The first-order valence-corrected chi connectivity index (χ1v) is 27.0. The highest BCUT2D eigenvalue weighted by atomic mass is 16.6. The number of unbranched alkanes of at least 4 members (excludes halogenated alkanes) is 10. The molecule has 0 aromatic carbocycles. The molecule has 0 atom stereocenters. The van der Waals surface area contributed by atoms with E-state index in [-0.39, 0.29) is 49.4 Å². The van der Waals surface area contributed by atoms with Gasteiger partial charge in [-0.1, -0.05) is 119 Å². The summed E-state index contributed by atoms with van der Waals surface area (Å²) < 4.78 is 23.1. The highest BCUT2D eigenvalue weighted by Gasteiger charge is 2.22. The van der Waals surface area contributed by atoms with E-state index in [0.717, 1.165) is 58.3 Å². The lowest BCUT2D eigenvalue weighted by molar-refractivity contribution is -0.146. The van der Waals surface area contributed by atoms with Gasteiger partial charge in [0.15, 0.2) is 0 Å². The van der Waals surface area contributed by atoms with Gasteiger partial charge in [-0.15, -0.1) is 0 Å². The molecule has 0 spiro atoms. The highest BCUT2D eigenvalue weighted by Crippen LogP contribution is 2.20. The van der Waals surface area contributed by atoms with Gasteiger partial charge < -0.3 is 33.6 Å². The number of nitrogens with zero attached hydrogens (tertiary/aromatic N) is 4. The summed E-state index contributed by atoms with van der Waals surface area (Å²) in [6.45, 7) is 28.4.